The van der Waals surface area contributed by atoms with Crippen LogP contribution in [-0.2, 0) is 4.79 Å². The Labute approximate surface area is 191 Å². The Morgan fingerprint density at radius 1 is 0.939 bits per heavy atom. The van der Waals surface area contributed by atoms with Crippen molar-refractivity contribution in [3.05, 3.63) is 113 Å². The number of hydrogen-bond donors (Lipinski definition) is 2. The van der Waals surface area contributed by atoms with Gasteiger partial charge in [0.25, 0.3) is 5.91 Å². The van der Waals surface area contributed by atoms with Crippen molar-refractivity contribution in [1.29, 1.82) is 0 Å². The van der Waals surface area contributed by atoms with Crippen LogP contribution in [0, 0.1) is 6.92 Å². The van der Waals surface area contributed by atoms with Gasteiger partial charge in [-0.05, 0) is 41.5 Å². The second kappa shape index (κ2) is 9.89. The van der Waals surface area contributed by atoms with Gasteiger partial charge in [0, 0.05) is 5.56 Å². The van der Waals surface area contributed by atoms with Crippen LogP contribution in [0.15, 0.2) is 96.1 Å². The van der Waals surface area contributed by atoms with Crippen molar-refractivity contribution < 1.29 is 19.4 Å². The highest BCUT2D eigenvalue weighted by Gasteiger charge is 2.17. The fourth-order valence-corrected chi connectivity index (χ4v) is 3.44. The van der Waals surface area contributed by atoms with Crippen LogP contribution in [0.2, 0.25) is 0 Å². The monoisotopic (exact) mass is 438 g/mol. The minimum absolute atomic E-state index is 0.307. The van der Waals surface area contributed by atoms with Gasteiger partial charge in [-0.1, -0.05) is 78.4 Å². The number of aryl methyl sites for hydroxylation is 1. The van der Waals surface area contributed by atoms with Crippen molar-refractivity contribution in [3.8, 4) is 5.75 Å². The summed E-state index contributed by atoms with van der Waals surface area (Å²) in [7, 11) is 0. The minimum Gasteiger partial charge on any atom is -0.422 e. The van der Waals surface area contributed by atoms with Crippen molar-refractivity contribution >= 4 is 28.9 Å². The molecule has 164 valence electrons. The number of fused-ring (bicyclic) bond motifs is 1. The maximum Gasteiger partial charge on any atom is 0.343 e. The SMILES string of the molecule is Cc1cccc(C(=O)Oc2ccc3ccccc3c2/C=N\NC(=O)[C@H](O)c2ccccc2)c1. The summed E-state index contributed by atoms with van der Waals surface area (Å²) in [5, 5.41) is 16.0. The number of ether oxygens (including phenoxy) is 1. The summed E-state index contributed by atoms with van der Waals surface area (Å²) in [6.07, 6.45) is 0.0612. The average molecular weight is 438 g/mol. The molecule has 0 unspecified atom stereocenters. The first kappa shape index (κ1) is 21.9. The van der Waals surface area contributed by atoms with E-state index in [4.69, 9.17) is 4.74 Å². The molecule has 0 aliphatic carbocycles. The van der Waals surface area contributed by atoms with Crippen molar-refractivity contribution in [1.82, 2.24) is 5.43 Å². The molecule has 6 heteroatoms. The number of esters is 1. The lowest BCUT2D eigenvalue weighted by atomic mass is 10.0. The van der Waals surface area contributed by atoms with Gasteiger partial charge < -0.3 is 9.84 Å². The summed E-state index contributed by atoms with van der Waals surface area (Å²) < 4.78 is 5.68. The Morgan fingerprint density at radius 2 is 1.70 bits per heavy atom. The quantitative estimate of drug-likeness (QED) is 0.200. The Balaban J connectivity index is 1.60. The molecule has 6 nitrogen and oxygen atoms in total. The molecule has 2 N–H and O–H groups in total. The third-order valence-corrected chi connectivity index (χ3v) is 5.12. The zero-order valence-electron chi connectivity index (χ0n) is 17.9. The maximum absolute atomic E-state index is 12.7. The third kappa shape index (κ3) is 5.14. The Morgan fingerprint density at radius 3 is 2.48 bits per heavy atom. The van der Waals surface area contributed by atoms with Crippen molar-refractivity contribution in [2.75, 3.05) is 0 Å². The summed E-state index contributed by atoms with van der Waals surface area (Å²) >= 11 is 0. The molecule has 4 aromatic carbocycles. The summed E-state index contributed by atoms with van der Waals surface area (Å²) in [5.41, 5.74) is 4.73. The second-order valence-corrected chi connectivity index (χ2v) is 7.50. The number of nitrogens with one attached hydrogen (secondary N) is 1. The predicted octanol–water partition coefficient (Wildman–Crippen LogP) is 4.55. The molecular formula is C27H22N2O4. The molecule has 0 aliphatic rings. The van der Waals surface area contributed by atoms with E-state index in [1.807, 2.05) is 43.3 Å². The van der Waals surface area contributed by atoms with Crippen LogP contribution in [0.3, 0.4) is 0 Å². The number of carbonyl (C=O) groups is 2. The van der Waals surface area contributed by atoms with Crippen LogP contribution >= 0.6 is 0 Å². The zero-order valence-corrected chi connectivity index (χ0v) is 17.9. The predicted molar refractivity (Wildman–Crippen MR) is 127 cm³/mol. The van der Waals surface area contributed by atoms with Gasteiger partial charge in [0.2, 0.25) is 0 Å². The third-order valence-electron chi connectivity index (χ3n) is 5.12. The molecule has 0 radical (unpaired) electrons. The lowest BCUT2D eigenvalue weighted by Crippen LogP contribution is -2.25. The maximum atomic E-state index is 12.7. The van der Waals surface area contributed by atoms with Gasteiger partial charge in [-0.2, -0.15) is 5.10 Å². The number of aliphatic hydroxyl groups excluding tert-OH is 1. The van der Waals surface area contributed by atoms with E-state index in [1.165, 1.54) is 6.21 Å². The van der Waals surface area contributed by atoms with E-state index in [-0.39, 0.29) is 0 Å². The molecule has 33 heavy (non-hydrogen) atoms. The standard InChI is InChI=1S/C27H22N2O4/c1-18-8-7-12-21(16-18)27(32)33-24-15-14-19-9-5-6-13-22(19)23(24)17-28-29-26(31)25(30)20-10-3-2-4-11-20/h2-17,25,30H,1H3,(H,29,31)/b28-17-/t25-/m1/s1. The van der Waals surface area contributed by atoms with Crippen LogP contribution in [0.25, 0.3) is 10.8 Å². The smallest absolute Gasteiger partial charge is 0.343 e. The molecule has 0 spiro atoms. The van der Waals surface area contributed by atoms with E-state index in [2.05, 4.69) is 10.5 Å². The molecule has 4 aromatic rings. The highest BCUT2D eigenvalue weighted by atomic mass is 16.5. The van der Waals surface area contributed by atoms with Gasteiger partial charge in [0.05, 0.1) is 11.8 Å². The summed E-state index contributed by atoms with van der Waals surface area (Å²) in [6.45, 7) is 1.90. The first-order valence-electron chi connectivity index (χ1n) is 10.4. The summed E-state index contributed by atoms with van der Waals surface area (Å²) in [4.78, 5) is 25.0. The number of hydrogen-bond acceptors (Lipinski definition) is 5. The van der Waals surface area contributed by atoms with Crippen molar-refractivity contribution in [2.45, 2.75) is 13.0 Å². The molecule has 0 aromatic heterocycles. The topological polar surface area (TPSA) is 88.0 Å². The van der Waals surface area contributed by atoms with Crippen LogP contribution < -0.4 is 10.2 Å². The molecule has 1 atom stereocenters. The van der Waals surface area contributed by atoms with E-state index in [0.29, 0.717) is 22.4 Å². The number of aliphatic hydroxyl groups is 1. The number of benzene rings is 4. The number of hydrazone groups is 1. The lowest BCUT2D eigenvalue weighted by molar-refractivity contribution is -0.129. The molecule has 0 saturated heterocycles. The largest absolute Gasteiger partial charge is 0.422 e. The zero-order chi connectivity index (χ0) is 23.2. The molecule has 0 saturated carbocycles. The highest BCUT2D eigenvalue weighted by molar-refractivity contribution is 6.04. The molecule has 0 heterocycles. The Hall–Kier alpha value is -4.29. The summed E-state index contributed by atoms with van der Waals surface area (Å²) in [5.74, 6) is -0.857. The Bertz CT molecular complexity index is 1330. The fourth-order valence-electron chi connectivity index (χ4n) is 3.44. The fraction of sp³-hybridized carbons (Fsp3) is 0.0741. The highest BCUT2D eigenvalue weighted by Crippen LogP contribution is 2.27. The molecular weight excluding hydrogens is 416 g/mol. The Kier molecular flexibility index (Phi) is 6.57. The van der Waals surface area contributed by atoms with Gasteiger partial charge >= 0.3 is 5.97 Å². The van der Waals surface area contributed by atoms with Gasteiger partial charge in [0.15, 0.2) is 6.10 Å². The number of carbonyl (C=O) groups excluding carboxylic acids is 2. The number of nitrogens with zero attached hydrogens (tertiary/aromatic N) is 1. The number of rotatable bonds is 6. The molecule has 1 amide bonds. The van der Waals surface area contributed by atoms with E-state index in [0.717, 1.165) is 16.3 Å². The lowest BCUT2D eigenvalue weighted by Gasteiger charge is -2.11. The van der Waals surface area contributed by atoms with Gasteiger partial charge in [0.1, 0.15) is 5.75 Å². The van der Waals surface area contributed by atoms with Crippen LogP contribution in [-0.4, -0.2) is 23.2 Å². The minimum atomic E-state index is -1.35. The average Bonchev–Trinajstić information content (AvgIpc) is 2.85. The van der Waals surface area contributed by atoms with Crippen molar-refractivity contribution in [2.24, 2.45) is 5.10 Å². The van der Waals surface area contributed by atoms with E-state index in [1.54, 1.807) is 54.6 Å². The number of amides is 1. The second-order valence-electron chi connectivity index (χ2n) is 7.50. The van der Waals surface area contributed by atoms with E-state index in [9.17, 15) is 14.7 Å². The van der Waals surface area contributed by atoms with Gasteiger partial charge in [-0.3, -0.25) is 4.79 Å². The van der Waals surface area contributed by atoms with Crippen molar-refractivity contribution in [3.63, 3.8) is 0 Å². The normalized spacial score (nSPS) is 11.9. The molecule has 0 aliphatic heterocycles. The first-order valence-corrected chi connectivity index (χ1v) is 10.4. The molecule has 4 rings (SSSR count). The van der Waals surface area contributed by atoms with E-state index >= 15 is 0 Å². The van der Waals surface area contributed by atoms with Crippen LogP contribution in [0.5, 0.6) is 5.75 Å². The van der Waals surface area contributed by atoms with E-state index < -0.39 is 18.0 Å². The van der Waals surface area contributed by atoms with Crippen LogP contribution in [0.4, 0.5) is 0 Å². The molecule has 0 fully saturated rings. The first-order chi connectivity index (χ1) is 16.0. The molecule has 0 bridgehead atoms. The van der Waals surface area contributed by atoms with Gasteiger partial charge in [-0.15, -0.1) is 0 Å². The summed E-state index contributed by atoms with van der Waals surface area (Å²) in [6, 6.07) is 26.8. The van der Waals surface area contributed by atoms with Gasteiger partial charge in [-0.25, -0.2) is 10.2 Å². The van der Waals surface area contributed by atoms with Crippen LogP contribution in [0.1, 0.15) is 33.2 Å².